The minimum absolute atomic E-state index is 0.00574. The van der Waals surface area contributed by atoms with Gasteiger partial charge in [-0.15, -0.1) is 0 Å². The molecule has 60 valence electrons. The Morgan fingerprint density at radius 2 is 2.00 bits per heavy atom. The van der Waals surface area contributed by atoms with Crippen LogP contribution in [0.25, 0.3) is 10.1 Å². The second-order valence-electron chi connectivity index (χ2n) is 2.52. The molecule has 0 fully saturated rings. The Labute approximate surface area is 73.3 Å². The Morgan fingerprint density at radius 3 is 2.83 bits per heavy atom. The normalized spacial score (nSPS) is 10.3. The van der Waals surface area contributed by atoms with Gasteiger partial charge in [-0.2, -0.15) is 0 Å². The molecule has 0 aliphatic rings. The summed E-state index contributed by atoms with van der Waals surface area (Å²) >= 11 is 1.22. The average molecular weight is 177 g/mol. The lowest BCUT2D eigenvalue weighted by Crippen LogP contribution is -1.96. The minimum atomic E-state index is 0.00574. The molecule has 0 saturated carbocycles. The molecule has 1 heterocycles. The van der Waals surface area contributed by atoms with E-state index in [1.165, 1.54) is 17.4 Å². The molecule has 0 amide bonds. The zero-order valence-electron chi connectivity index (χ0n) is 6.28. The zero-order chi connectivity index (χ0) is 8.55. The molecule has 12 heavy (non-hydrogen) atoms. The molecule has 2 N–H and O–H groups in total. The summed E-state index contributed by atoms with van der Waals surface area (Å²) < 4.78 is 0.953. The Hall–Kier alpha value is -1.35. The molecule has 0 spiro atoms. The number of benzene rings is 1. The van der Waals surface area contributed by atoms with Crippen molar-refractivity contribution in [3.05, 3.63) is 39.9 Å². The second kappa shape index (κ2) is 2.60. The van der Waals surface area contributed by atoms with E-state index in [2.05, 4.69) is 0 Å². The van der Waals surface area contributed by atoms with Crippen molar-refractivity contribution in [2.24, 2.45) is 0 Å². The molecule has 0 radical (unpaired) electrons. The highest BCUT2D eigenvalue weighted by molar-refractivity contribution is 7.16. The smallest absolute Gasteiger partial charge is 0.234 e. The van der Waals surface area contributed by atoms with E-state index in [0.717, 1.165) is 10.1 Å². The predicted octanol–water partition coefficient (Wildman–Crippen LogP) is 1.84. The van der Waals surface area contributed by atoms with Crippen LogP contribution in [-0.4, -0.2) is 0 Å². The monoisotopic (exact) mass is 177 g/mol. The standard InChI is InChI=1S/C9H7NOS/c10-7-5-9(11)12-8-4-2-1-3-6(7)8/h1-5H,10H2. The van der Waals surface area contributed by atoms with Gasteiger partial charge in [-0.1, -0.05) is 29.5 Å². The van der Waals surface area contributed by atoms with E-state index >= 15 is 0 Å². The van der Waals surface area contributed by atoms with Gasteiger partial charge in [0.05, 0.1) is 0 Å². The summed E-state index contributed by atoms with van der Waals surface area (Å²) in [6.07, 6.45) is 0. The summed E-state index contributed by atoms with van der Waals surface area (Å²) in [7, 11) is 0. The van der Waals surface area contributed by atoms with Crippen molar-refractivity contribution >= 4 is 27.1 Å². The Kier molecular flexibility index (Phi) is 1.59. The maximum atomic E-state index is 11.0. The first-order valence-corrected chi connectivity index (χ1v) is 4.37. The molecular formula is C9H7NOS. The first-order valence-electron chi connectivity index (χ1n) is 3.56. The van der Waals surface area contributed by atoms with Crippen molar-refractivity contribution in [1.29, 1.82) is 0 Å². The van der Waals surface area contributed by atoms with Gasteiger partial charge in [0.25, 0.3) is 0 Å². The molecule has 0 aliphatic heterocycles. The highest BCUT2D eigenvalue weighted by Gasteiger charge is 1.97. The molecule has 0 unspecified atom stereocenters. The van der Waals surface area contributed by atoms with Crippen LogP contribution in [0.1, 0.15) is 0 Å². The fraction of sp³-hybridized carbons (Fsp3) is 0. The molecule has 2 aromatic rings. The molecule has 1 aromatic heterocycles. The summed E-state index contributed by atoms with van der Waals surface area (Å²) in [5, 5.41) is 0.960. The van der Waals surface area contributed by atoms with Gasteiger partial charge in [0.1, 0.15) is 0 Å². The topological polar surface area (TPSA) is 43.1 Å². The number of rotatable bonds is 0. The molecule has 2 nitrogen and oxygen atoms in total. The molecule has 2 rings (SSSR count). The number of anilines is 1. The van der Waals surface area contributed by atoms with E-state index in [9.17, 15) is 4.79 Å². The van der Waals surface area contributed by atoms with Gasteiger partial charge in [-0.25, -0.2) is 0 Å². The average Bonchev–Trinajstić information content (AvgIpc) is 2.04. The first kappa shape index (κ1) is 7.31. The minimum Gasteiger partial charge on any atom is -0.398 e. The van der Waals surface area contributed by atoms with Crippen molar-refractivity contribution in [2.45, 2.75) is 0 Å². The largest absolute Gasteiger partial charge is 0.398 e. The van der Waals surface area contributed by atoms with Crippen LogP contribution in [0, 0.1) is 0 Å². The SMILES string of the molecule is Nc1cc(=O)sc2ccccc12. The molecular weight excluding hydrogens is 170 g/mol. The van der Waals surface area contributed by atoms with Gasteiger partial charge in [-0.3, -0.25) is 4.79 Å². The summed E-state index contributed by atoms with van der Waals surface area (Å²) in [6, 6.07) is 9.10. The van der Waals surface area contributed by atoms with Gasteiger partial charge in [0.2, 0.25) is 4.74 Å². The third kappa shape index (κ3) is 1.08. The van der Waals surface area contributed by atoms with E-state index < -0.39 is 0 Å². The molecule has 0 bridgehead atoms. The summed E-state index contributed by atoms with van der Waals surface area (Å²) in [4.78, 5) is 11.0. The third-order valence-electron chi connectivity index (χ3n) is 1.68. The maximum absolute atomic E-state index is 11.0. The molecule has 3 heteroatoms. The first-order chi connectivity index (χ1) is 5.77. The van der Waals surface area contributed by atoms with Crippen LogP contribution < -0.4 is 10.5 Å². The van der Waals surface area contributed by atoms with Crippen LogP contribution >= 0.6 is 11.3 Å². The fourth-order valence-electron chi connectivity index (χ4n) is 1.14. The zero-order valence-corrected chi connectivity index (χ0v) is 7.10. The molecule has 0 aliphatic carbocycles. The Bertz CT molecular complexity index is 475. The quantitative estimate of drug-likeness (QED) is 0.667. The van der Waals surface area contributed by atoms with Gasteiger partial charge in [0.15, 0.2) is 0 Å². The van der Waals surface area contributed by atoms with Gasteiger partial charge in [0, 0.05) is 21.8 Å². The fourth-order valence-corrected chi connectivity index (χ4v) is 1.98. The van der Waals surface area contributed by atoms with Crippen molar-refractivity contribution in [3.63, 3.8) is 0 Å². The molecule has 0 saturated heterocycles. The van der Waals surface area contributed by atoms with Crippen LogP contribution in [0.5, 0.6) is 0 Å². The lowest BCUT2D eigenvalue weighted by Gasteiger charge is -1.97. The summed E-state index contributed by atoms with van der Waals surface area (Å²) in [5.74, 6) is 0. The van der Waals surface area contributed by atoms with E-state index in [0.29, 0.717) is 5.69 Å². The maximum Gasteiger partial charge on any atom is 0.234 e. The van der Waals surface area contributed by atoms with Gasteiger partial charge in [-0.05, 0) is 6.07 Å². The van der Waals surface area contributed by atoms with E-state index in [-0.39, 0.29) is 4.74 Å². The van der Waals surface area contributed by atoms with Crippen molar-refractivity contribution in [2.75, 3.05) is 5.73 Å². The van der Waals surface area contributed by atoms with Crippen LogP contribution in [-0.2, 0) is 0 Å². The highest BCUT2D eigenvalue weighted by atomic mass is 32.1. The number of nitrogens with two attached hydrogens (primary N) is 1. The lowest BCUT2D eigenvalue weighted by atomic mass is 10.2. The number of hydrogen-bond donors (Lipinski definition) is 1. The Balaban J connectivity index is 2.99. The number of fused-ring (bicyclic) bond motifs is 1. The summed E-state index contributed by atoms with van der Waals surface area (Å²) in [6.45, 7) is 0. The lowest BCUT2D eigenvalue weighted by molar-refractivity contribution is 1.75. The highest BCUT2D eigenvalue weighted by Crippen LogP contribution is 2.20. The molecule has 0 atom stereocenters. The predicted molar refractivity (Wildman–Crippen MR) is 52.5 cm³/mol. The summed E-state index contributed by atoms with van der Waals surface area (Å²) in [5.41, 5.74) is 6.23. The van der Waals surface area contributed by atoms with Crippen molar-refractivity contribution in [1.82, 2.24) is 0 Å². The van der Waals surface area contributed by atoms with E-state index in [1.54, 1.807) is 0 Å². The van der Waals surface area contributed by atoms with E-state index in [1.807, 2.05) is 24.3 Å². The van der Waals surface area contributed by atoms with Crippen LogP contribution in [0.15, 0.2) is 35.1 Å². The van der Waals surface area contributed by atoms with Crippen molar-refractivity contribution in [3.8, 4) is 0 Å². The van der Waals surface area contributed by atoms with Gasteiger partial charge >= 0.3 is 0 Å². The van der Waals surface area contributed by atoms with E-state index in [4.69, 9.17) is 5.73 Å². The third-order valence-corrected chi connectivity index (χ3v) is 2.58. The van der Waals surface area contributed by atoms with Crippen LogP contribution in [0.3, 0.4) is 0 Å². The Morgan fingerprint density at radius 1 is 1.25 bits per heavy atom. The van der Waals surface area contributed by atoms with Crippen LogP contribution in [0.2, 0.25) is 0 Å². The van der Waals surface area contributed by atoms with Crippen LogP contribution in [0.4, 0.5) is 5.69 Å². The molecule has 1 aromatic carbocycles. The van der Waals surface area contributed by atoms with Gasteiger partial charge < -0.3 is 5.73 Å². The number of hydrogen-bond acceptors (Lipinski definition) is 3. The second-order valence-corrected chi connectivity index (χ2v) is 3.56. The van der Waals surface area contributed by atoms with Crippen molar-refractivity contribution < 1.29 is 0 Å². The number of nitrogen functional groups attached to an aromatic ring is 1.